The highest BCUT2D eigenvalue weighted by molar-refractivity contribution is 5.79. The van der Waals surface area contributed by atoms with Crippen LogP contribution >= 0.6 is 0 Å². The summed E-state index contributed by atoms with van der Waals surface area (Å²) in [4.78, 5) is 4.10. The van der Waals surface area contributed by atoms with Crippen LogP contribution in [0.4, 0.5) is 0 Å². The highest BCUT2D eigenvalue weighted by Gasteiger charge is 2.21. The first-order valence-corrected chi connectivity index (χ1v) is 7.01. The highest BCUT2D eigenvalue weighted by Crippen LogP contribution is 2.35. The van der Waals surface area contributed by atoms with Crippen molar-refractivity contribution in [2.45, 2.75) is 32.9 Å². The molecule has 0 aromatic heterocycles. The maximum atomic E-state index is 5.81. The summed E-state index contributed by atoms with van der Waals surface area (Å²) < 4.78 is 11.6. The summed E-state index contributed by atoms with van der Waals surface area (Å²) in [5, 5.41) is 6.24. The lowest BCUT2D eigenvalue weighted by molar-refractivity contribution is 0.254. The Balaban J connectivity index is 2.20. The number of nitrogens with one attached hydrogen (secondary N) is 2. The van der Waals surface area contributed by atoms with Crippen LogP contribution in [0.5, 0.6) is 11.5 Å². The molecule has 0 spiro atoms. The number of hydrogen-bond acceptors (Lipinski definition) is 3. The minimum Gasteiger partial charge on any atom is -0.494 e. The highest BCUT2D eigenvalue weighted by atomic mass is 16.5. The van der Waals surface area contributed by atoms with E-state index in [0.717, 1.165) is 29.4 Å². The van der Waals surface area contributed by atoms with Crippen LogP contribution < -0.4 is 20.1 Å². The minimum atomic E-state index is 0.243. The van der Waals surface area contributed by atoms with Crippen LogP contribution in [0.15, 0.2) is 17.1 Å². The Hall–Kier alpha value is -1.91. The molecule has 0 fully saturated rings. The van der Waals surface area contributed by atoms with E-state index in [0.29, 0.717) is 13.2 Å². The van der Waals surface area contributed by atoms with Crippen molar-refractivity contribution in [3.05, 3.63) is 23.3 Å². The molecular formula is C15H23N3O2. The third kappa shape index (κ3) is 3.15. The predicted octanol–water partition coefficient (Wildman–Crippen LogP) is 1.70. The van der Waals surface area contributed by atoms with E-state index in [2.05, 4.69) is 34.7 Å². The second-order valence-corrected chi connectivity index (χ2v) is 4.81. The second kappa shape index (κ2) is 6.50. The van der Waals surface area contributed by atoms with E-state index >= 15 is 0 Å². The summed E-state index contributed by atoms with van der Waals surface area (Å²) in [6.45, 7) is 5.38. The van der Waals surface area contributed by atoms with Gasteiger partial charge in [-0.1, -0.05) is 0 Å². The van der Waals surface area contributed by atoms with Gasteiger partial charge in [-0.15, -0.1) is 0 Å². The number of guanidine groups is 1. The van der Waals surface area contributed by atoms with Crippen molar-refractivity contribution in [1.29, 1.82) is 0 Å². The Bertz CT molecular complexity index is 500. The van der Waals surface area contributed by atoms with E-state index in [1.54, 1.807) is 7.05 Å². The van der Waals surface area contributed by atoms with E-state index in [1.165, 1.54) is 5.56 Å². The van der Waals surface area contributed by atoms with Gasteiger partial charge in [0, 0.05) is 38.2 Å². The summed E-state index contributed by atoms with van der Waals surface area (Å²) in [6, 6.07) is 4.17. The first kappa shape index (κ1) is 14.5. The number of benzene rings is 1. The molecule has 0 amide bonds. The molecule has 1 heterocycles. The molecule has 0 bridgehead atoms. The molecule has 0 saturated carbocycles. The van der Waals surface area contributed by atoms with Gasteiger partial charge in [0.05, 0.1) is 6.61 Å². The molecule has 1 aromatic carbocycles. The van der Waals surface area contributed by atoms with Crippen molar-refractivity contribution in [1.82, 2.24) is 10.6 Å². The molecule has 1 aliphatic heterocycles. The quantitative estimate of drug-likeness (QED) is 0.650. The average molecular weight is 277 g/mol. The lowest BCUT2D eigenvalue weighted by atomic mass is 10.1. The molecule has 110 valence electrons. The molecule has 1 aliphatic rings. The smallest absolute Gasteiger partial charge is 0.190 e. The van der Waals surface area contributed by atoms with Gasteiger partial charge >= 0.3 is 0 Å². The number of aliphatic imine (C=N–C) groups is 1. The maximum absolute atomic E-state index is 5.81. The first-order chi connectivity index (χ1) is 9.67. The van der Waals surface area contributed by atoms with Crippen molar-refractivity contribution in [3.8, 4) is 11.5 Å². The number of nitrogens with zero attached hydrogens (tertiary/aromatic N) is 1. The molecule has 0 radical (unpaired) electrons. The zero-order valence-electron chi connectivity index (χ0n) is 12.6. The Labute approximate surface area is 120 Å². The van der Waals surface area contributed by atoms with Gasteiger partial charge in [0.2, 0.25) is 0 Å². The van der Waals surface area contributed by atoms with Gasteiger partial charge in [-0.3, -0.25) is 4.99 Å². The fraction of sp³-hybridized carbons (Fsp3) is 0.533. The number of ether oxygens (including phenoxy) is 2. The van der Waals surface area contributed by atoms with E-state index in [1.807, 2.05) is 14.0 Å². The zero-order chi connectivity index (χ0) is 14.5. The molecule has 20 heavy (non-hydrogen) atoms. The summed E-state index contributed by atoms with van der Waals surface area (Å²) in [5.74, 6) is 2.64. The molecule has 1 atom stereocenters. The number of rotatable bonds is 4. The molecule has 2 rings (SSSR count). The Morgan fingerprint density at radius 2 is 2.30 bits per heavy atom. The Kier molecular flexibility index (Phi) is 4.71. The van der Waals surface area contributed by atoms with Crippen molar-refractivity contribution >= 4 is 5.96 Å². The maximum Gasteiger partial charge on any atom is 0.190 e. The number of fused-ring (bicyclic) bond motifs is 1. The van der Waals surface area contributed by atoms with Crippen molar-refractivity contribution in [2.24, 2.45) is 4.99 Å². The summed E-state index contributed by atoms with van der Waals surface area (Å²) >= 11 is 0. The van der Waals surface area contributed by atoms with Gasteiger partial charge in [-0.2, -0.15) is 0 Å². The lowest BCUT2D eigenvalue weighted by Crippen LogP contribution is -2.34. The van der Waals surface area contributed by atoms with Crippen LogP contribution in [0.2, 0.25) is 0 Å². The normalized spacial score (nSPS) is 17.4. The van der Waals surface area contributed by atoms with Crippen molar-refractivity contribution in [3.63, 3.8) is 0 Å². The van der Waals surface area contributed by atoms with E-state index in [4.69, 9.17) is 9.47 Å². The van der Waals surface area contributed by atoms with Crippen LogP contribution in [0.1, 0.15) is 25.0 Å². The van der Waals surface area contributed by atoms with Gasteiger partial charge < -0.3 is 20.1 Å². The van der Waals surface area contributed by atoms with Gasteiger partial charge in [0.15, 0.2) is 5.96 Å². The van der Waals surface area contributed by atoms with Gasteiger partial charge in [0.1, 0.15) is 17.6 Å². The van der Waals surface area contributed by atoms with Gasteiger partial charge in [0.25, 0.3) is 0 Å². The van der Waals surface area contributed by atoms with Crippen molar-refractivity contribution in [2.75, 3.05) is 20.7 Å². The molecule has 0 aliphatic carbocycles. The average Bonchev–Trinajstić information content (AvgIpc) is 2.79. The molecule has 2 N–H and O–H groups in total. The molecule has 5 nitrogen and oxygen atoms in total. The first-order valence-electron chi connectivity index (χ1n) is 7.01. The standard InChI is InChI=1S/C15H23N3O2/c1-5-19-13-7-11-6-10(2)20-14(11)8-12(13)9-18-15(16-3)17-4/h7-8,10H,5-6,9H2,1-4H3,(H2,16,17,18). The molecule has 0 saturated heterocycles. The Morgan fingerprint density at radius 1 is 1.50 bits per heavy atom. The fourth-order valence-electron chi connectivity index (χ4n) is 2.37. The third-order valence-electron chi connectivity index (χ3n) is 3.29. The molecular weight excluding hydrogens is 254 g/mol. The predicted molar refractivity (Wildman–Crippen MR) is 80.7 cm³/mol. The number of hydrogen-bond donors (Lipinski definition) is 2. The van der Waals surface area contributed by atoms with Crippen LogP contribution in [0.25, 0.3) is 0 Å². The zero-order valence-corrected chi connectivity index (χ0v) is 12.6. The van der Waals surface area contributed by atoms with E-state index in [-0.39, 0.29) is 6.10 Å². The van der Waals surface area contributed by atoms with Crippen LogP contribution in [0.3, 0.4) is 0 Å². The minimum absolute atomic E-state index is 0.243. The molecule has 1 aromatic rings. The lowest BCUT2D eigenvalue weighted by Gasteiger charge is -2.14. The molecule has 5 heteroatoms. The second-order valence-electron chi connectivity index (χ2n) is 4.81. The van der Waals surface area contributed by atoms with Crippen LogP contribution in [-0.2, 0) is 13.0 Å². The van der Waals surface area contributed by atoms with Gasteiger partial charge in [-0.05, 0) is 26.0 Å². The summed E-state index contributed by atoms with van der Waals surface area (Å²) in [6.07, 6.45) is 1.19. The van der Waals surface area contributed by atoms with Gasteiger partial charge in [-0.25, -0.2) is 0 Å². The van der Waals surface area contributed by atoms with Crippen molar-refractivity contribution < 1.29 is 9.47 Å². The summed E-state index contributed by atoms with van der Waals surface area (Å²) in [5.41, 5.74) is 2.30. The topological polar surface area (TPSA) is 54.9 Å². The molecule has 1 unspecified atom stereocenters. The van der Waals surface area contributed by atoms with Crippen LogP contribution in [-0.4, -0.2) is 32.8 Å². The SMILES string of the molecule is CCOc1cc2c(cc1CNC(=NC)NC)OC(C)C2. The van der Waals surface area contributed by atoms with Crippen LogP contribution in [0, 0.1) is 0 Å². The fourth-order valence-corrected chi connectivity index (χ4v) is 2.37. The monoisotopic (exact) mass is 277 g/mol. The largest absolute Gasteiger partial charge is 0.494 e. The Morgan fingerprint density at radius 3 is 2.95 bits per heavy atom. The third-order valence-corrected chi connectivity index (χ3v) is 3.29. The van der Waals surface area contributed by atoms with E-state index < -0.39 is 0 Å². The summed E-state index contributed by atoms with van der Waals surface area (Å²) in [7, 11) is 3.59. The van der Waals surface area contributed by atoms with E-state index in [9.17, 15) is 0 Å².